The molecule has 0 unspecified atom stereocenters. The van der Waals surface area contributed by atoms with Crippen molar-refractivity contribution in [1.82, 2.24) is 4.98 Å². The molecule has 0 atom stereocenters. The zero-order chi connectivity index (χ0) is 16.9. The number of fused-ring (bicyclic) bond motifs is 1. The van der Waals surface area contributed by atoms with Gasteiger partial charge in [-0.2, -0.15) is 0 Å². The predicted octanol–water partition coefficient (Wildman–Crippen LogP) is 4.99. The molecule has 0 fully saturated rings. The van der Waals surface area contributed by atoms with E-state index in [1.165, 1.54) is 0 Å². The molecule has 1 aromatic heterocycles. The lowest BCUT2D eigenvalue weighted by Crippen LogP contribution is -2.04. The number of H-pyrrole nitrogens is 1. The van der Waals surface area contributed by atoms with Crippen molar-refractivity contribution < 1.29 is 9.53 Å². The quantitative estimate of drug-likeness (QED) is 0.617. The van der Waals surface area contributed by atoms with Crippen molar-refractivity contribution in [3.8, 4) is 5.75 Å². The van der Waals surface area contributed by atoms with E-state index in [-0.39, 0.29) is 5.78 Å². The number of para-hydroxylation sites is 2. The van der Waals surface area contributed by atoms with Crippen molar-refractivity contribution in [2.24, 2.45) is 0 Å². The molecule has 0 aliphatic carbocycles. The Morgan fingerprint density at radius 2 is 1.88 bits per heavy atom. The Labute approximate surface area is 146 Å². The van der Waals surface area contributed by atoms with E-state index in [9.17, 15) is 4.79 Å². The van der Waals surface area contributed by atoms with Crippen molar-refractivity contribution in [2.75, 3.05) is 12.4 Å². The van der Waals surface area contributed by atoms with Crippen LogP contribution in [0, 0.1) is 6.92 Å². The van der Waals surface area contributed by atoms with E-state index in [2.05, 4.69) is 11.1 Å². The van der Waals surface area contributed by atoms with Gasteiger partial charge in [0.15, 0.2) is 5.78 Å². The third-order valence-electron chi connectivity index (χ3n) is 3.94. The highest BCUT2D eigenvalue weighted by Gasteiger charge is 2.15. The second kappa shape index (κ2) is 7.58. The highest BCUT2D eigenvalue weighted by Crippen LogP contribution is 2.26. The minimum atomic E-state index is 0.170. The molecule has 0 spiro atoms. The summed E-state index contributed by atoms with van der Waals surface area (Å²) in [6.07, 6.45) is 0. The minimum absolute atomic E-state index is 0.170. The SMILES string of the molecule is CCOc1ccccc1CSCC(=O)c1c(C)[nH]c2ccccc12. The summed E-state index contributed by atoms with van der Waals surface area (Å²) in [6.45, 7) is 4.59. The summed E-state index contributed by atoms with van der Waals surface area (Å²) in [4.78, 5) is 16.0. The Hall–Kier alpha value is -2.20. The van der Waals surface area contributed by atoms with Gasteiger partial charge in [-0.25, -0.2) is 0 Å². The molecule has 0 saturated carbocycles. The van der Waals surface area contributed by atoms with Crippen LogP contribution in [0.25, 0.3) is 10.9 Å². The van der Waals surface area contributed by atoms with Crippen LogP contribution in [0.15, 0.2) is 48.5 Å². The number of aryl methyl sites for hydroxylation is 1. The van der Waals surface area contributed by atoms with Gasteiger partial charge in [-0.05, 0) is 26.0 Å². The third-order valence-corrected chi connectivity index (χ3v) is 4.92. The Balaban J connectivity index is 1.69. The zero-order valence-electron chi connectivity index (χ0n) is 14.0. The topological polar surface area (TPSA) is 42.1 Å². The highest BCUT2D eigenvalue weighted by atomic mass is 32.2. The summed E-state index contributed by atoms with van der Waals surface area (Å²) in [7, 11) is 0. The fraction of sp³-hybridized carbons (Fsp3) is 0.250. The van der Waals surface area contributed by atoms with Gasteiger partial charge in [-0.3, -0.25) is 4.79 Å². The van der Waals surface area contributed by atoms with Crippen LogP contribution in [0.1, 0.15) is 28.5 Å². The van der Waals surface area contributed by atoms with Crippen molar-refractivity contribution in [3.63, 3.8) is 0 Å². The molecule has 2 aromatic carbocycles. The number of rotatable bonds is 7. The fourth-order valence-electron chi connectivity index (χ4n) is 2.88. The molecular weight excluding hydrogens is 318 g/mol. The van der Waals surface area contributed by atoms with E-state index in [1.807, 2.05) is 56.3 Å². The monoisotopic (exact) mass is 339 g/mol. The Morgan fingerprint density at radius 3 is 2.71 bits per heavy atom. The Morgan fingerprint density at radius 1 is 1.12 bits per heavy atom. The molecule has 1 heterocycles. The number of aromatic nitrogens is 1. The summed E-state index contributed by atoms with van der Waals surface area (Å²) < 4.78 is 5.64. The van der Waals surface area contributed by atoms with Gasteiger partial charge in [-0.15, -0.1) is 11.8 Å². The molecule has 3 rings (SSSR count). The first-order valence-corrected chi connectivity index (χ1v) is 9.25. The standard InChI is InChI=1S/C20H21NO2S/c1-3-23-19-11-7-4-8-15(19)12-24-13-18(22)20-14(2)21-17-10-6-5-9-16(17)20/h4-11,21H,3,12-13H2,1-2H3. The maximum atomic E-state index is 12.7. The van der Waals surface area contributed by atoms with E-state index in [0.29, 0.717) is 12.4 Å². The maximum Gasteiger partial charge on any atom is 0.175 e. The molecule has 3 aromatic rings. The molecule has 0 aliphatic heterocycles. The fourth-order valence-corrected chi connectivity index (χ4v) is 3.77. The number of ketones is 1. The van der Waals surface area contributed by atoms with Crippen molar-refractivity contribution in [2.45, 2.75) is 19.6 Å². The molecule has 0 aliphatic rings. The average Bonchev–Trinajstić information content (AvgIpc) is 2.92. The summed E-state index contributed by atoms with van der Waals surface area (Å²) in [5.41, 5.74) is 3.91. The lowest BCUT2D eigenvalue weighted by atomic mass is 10.1. The van der Waals surface area contributed by atoms with Crippen LogP contribution in [0.3, 0.4) is 0 Å². The molecule has 1 N–H and O–H groups in total. The second-order valence-electron chi connectivity index (χ2n) is 5.63. The van der Waals surface area contributed by atoms with E-state index >= 15 is 0 Å². The number of aromatic amines is 1. The van der Waals surface area contributed by atoms with Gasteiger partial charge < -0.3 is 9.72 Å². The molecule has 0 saturated heterocycles. The number of ether oxygens (including phenoxy) is 1. The molecule has 124 valence electrons. The van der Waals surface area contributed by atoms with E-state index in [1.54, 1.807) is 11.8 Å². The molecule has 4 heteroatoms. The first-order chi connectivity index (χ1) is 11.7. The first-order valence-electron chi connectivity index (χ1n) is 8.09. The van der Waals surface area contributed by atoms with Crippen molar-refractivity contribution in [1.29, 1.82) is 0 Å². The summed E-state index contributed by atoms with van der Waals surface area (Å²) in [6, 6.07) is 16.0. The Kier molecular flexibility index (Phi) is 5.26. The molecule has 0 bridgehead atoms. The zero-order valence-corrected chi connectivity index (χ0v) is 14.8. The average molecular weight is 339 g/mol. The van der Waals surface area contributed by atoms with E-state index < -0.39 is 0 Å². The second-order valence-corrected chi connectivity index (χ2v) is 6.61. The van der Waals surface area contributed by atoms with Gasteiger partial charge in [0.2, 0.25) is 0 Å². The van der Waals surface area contributed by atoms with Crippen LogP contribution in [-0.4, -0.2) is 23.1 Å². The third kappa shape index (κ3) is 3.49. The van der Waals surface area contributed by atoms with Gasteiger partial charge in [0.1, 0.15) is 5.75 Å². The number of thioether (sulfide) groups is 1. The molecule has 24 heavy (non-hydrogen) atoms. The van der Waals surface area contributed by atoms with Crippen LogP contribution in [0.4, 0.5) is 0 Å². The van der Waals surface area contributed by atoms with Gasteiger partial charge in [0.05, 0.1) is 12.4 Å². The van der Waals surface area contributed by atoms with Gasteiger partial charge >= 0.3 is 0 Å². The van der Waals surface area contributed by atoms with E-state index in [4.69, 9.17) is 4.74 Å². The van der Waals surface area contributed by atoms with Crippen molar-refractivity contribution in [3.05, 3.63) is 65.4 Å². The number of nitrogens with one attached hydrogen (secondary N) is 1. The van der Waals surface area contributed by atoms with E-state index in [0.717, 1.165) is 39.2 Å². The number of hydrogen-bond acceptors (Lipinski definition) is 3. The molecular formula is C20H21NO2S. The van der Waals surface area contributed by atoms with Crippen LogP contribution in [0.5, 0.6) is 5.75 Å². The van der Waals surface area contributed by atoms with Gasteiger partial charge in [0, 0.05) is 33.5 Å². The van der Waals surface area contributed by atoms with Crippen LogP contribution in [-0.2, 0) is 5.75 Å². The Bertz CT molecular complexity index is 854. The smallest absolute Gasteiger partial charge is 0.175 e. The lowest BCUT2D eigenvalue weighted by Gasteiger charge is -2.09. The predicted molar refractivity (Wildman–Crippen MR) is 101 cm³/mol. The van der Waals surface area contributed by atoms with Crippen molar-refractivity contribution >= 4 is 28.4 Å². The largest absolute Gasteiger partial charge is 0.494 e. The van der Waals surface area contributed by atoms with Gasteiger partial charge in [0.25, 0.3) is 0 Å². The molecule has 3 nitrogen and oxygen atoms in total. The summed E-state index contributed by atoms with van der Waals surface area (Å²) >= 11 is 1.63. The lowest BCUT2D eigenvalue weighted by molar-refractivity contribution is 0.102. The van der Waals surface area contributed by atoms with Gasteiger partial charge in [-0.1, -0.05) is 36.4 Å². The summed E-state index contributed by atoms with van der Waals surface area (Å²) in [5.74, 6) is 2.30. The first kappa shape index (κ1) is 16.7. The number of Topliss-reactive ketones (excluding diaryl/α,β-unsaturated/α-hetero) is 1. The number of carbonyl (C=O) groups is 1. The molecule has 0 amide bonds. The summed E-state index contributed by atoms with van der Waals surface area (Å²) in [5, 5.41) is 1.01. The van der Waals surface area contributed by atoms with Crippen LogP contribution >= 0.6 is 11.8 Å². The van der Waals surface area contributed by atoms with Crippen LogP contribution < -0.4 is 4.74 Å². The maximum absolute atomic E-state index is 12.7. The molecule has 0 radical (unpaired) electrons. The normalized spacial score (nSPS) is 10.9. The number of hydrogen-bond donors (Lipinski definition) is 1. The number of carbonyl (C=O) groups excluding carboxylic acids is 1. The highest BCUT2D eigenvalue weighted by molar-refractivity contribution is 7.99. The minimum Gasteiger partial charge on any atom is -0.494 e. The van der Waals surface area contributed by atoms with Crippen LogP contribution in [0.2, 0.25) is 0 Å². The number of benzene rings is 2.